The van der Waals surface area contributed by atoms with Gasteiger partial charge in [0.15, 0.2) is 11.5 Å². The van der Waals surface area contributed by atoms with Gasteiger partial charge in [0.05, 0.1) is 37.3 Å². The number of aliphatic imine (C=N–C) groups is 1. The van der Waals surface area contributed by atoms with Crippen LogP contribution in [0.5, 0.6) is 17.2 Å². The molecule has 3 aromatic rings. The molecule has 0 spiro atoms. The van der Waals surface area contributed by atoms with Crippen LogP contribution >= 0.6 is 0 Å². The Kier molecular flexibility index (Phi) is 4.89. The van der Waals surface area contributed by atoms with Crippen LogP contribution < -0.4 is 14.8 Å². The average Bonchev–Trinajstić information content (AvgIpc) is 2.93. The van der Waals surface area contributed by atoms with Crippen molar-refractivity contribution in [1.82, 2.24) is 0 Å². The highest BCUT2D eigenvalue weighted by Gasteiger charge is 2.22. The maximum absolute atomic E-state index is 9.63. The second-order valence-corrected chi connectivity index (χ2v) is 6.64. The number of nitrogens with one attached hydrogen (secondary N) is 1. The first-order valence-corrected chi connectivity index (χ1v) is 9.12. The zero-order valence-corrected chi connectivity index (χ0v) is 15.8. The third-order valence-electron chi connectivity index (χ3n) is 4.90. The number of fused-ring (bicyclic) bond motifs is 1. The number of aromatic hydroxyl groups is 1. The molecule has 0 fully saturated rings. The van der Waals surface area contributed by atoms with Crippen molar-refractivity contribution >= 4 is 17.1 Å². The Morgan fingerprint density at radius 3 is 2.43 bits per heavy atom. The summed E-state index contributed by atoms with van der Waals surface area (Å²) in [6, 6.07) is 21.2. The lowest BCUT2D eigenvalue weighted by atomic mass is 9.97. The van der Waals surface area contributed by atoms with E-state index in [1.807, 2.05) is 54.6 Å². The van der Waals surface area contributed by atoms with Crippen LogP contribution in [0, 0.1) is 0 Å². The number of rotatable bonds is 4. The minimum atomic E-state index is 0.0102. The van der Waals surface area contributed by atoms with Crippen LogP contribution in [0.1, 0.15) is 23.6 Å². The molecule has 0 amide bonds. The van der Waals surface area contributed by atoms with Crippen molar-refractivity contribution in [1.29, 1.82) is 0 Å². The number of ether oxygens (including phenoxy) is 2. The Morgan fingerprint density at radius 1 is 0.929 bits per heavy atom. The summed E-state index contributed by atoms with van der Waals surface area (Å²) in [5, 5.41) is 13.2. The normalized spacial score (nSPS) is 15.6. The highest BCUT2D eigenvalue weighted by molar-refractivity contribution is 6.04. The van der Waals surface area contributed by atoms with Gasteiger partial charge in [-0.2, -0.15) is 0 Å². The van der Waals surface area contributed by atoms with Crippen molar-refractivity contribution < 1.29 is 14.6 Å². The van der Waals surface area contributed by atoms with Gasteiger partial charge in [0.25, 0.3) is 0 Å². The maximum atomic E-state index is 9.63. The molecule has 4 rings (SSSR count). The van der Waals surface area contributed by atoms with E-state index in [1.54, 1.807) is 26.4 Å². The number of hydrogen-bond acceptors (Lipinski definition) is 5. The third-order valence-corrected chi connectivity index (χ3v) is 4.90. The van der Waals surface area contributed by atoms with Crippen LogP contribution in [-0.2, 0) is 0 Å². The molecule has 0 saturated carbocycles. The van der Waals surface area contributed by atoms with Crippen LogP contribution in [-0.4, -0.2) is 25.0 Å². The van der Waals surface area contributed by atoms with Crippen LogP contribution in [0.25, 0.3) is 0 Å². The lowest BCUT2D eigenvalue weighted by Gasteiger charge is -2.20. The zero-order valence-electron chi connectivity index (χ0n) is 15.8. The lowest BCUT2D eigenvalue weighted by Crippen LogP contribution is -2.14. The summed E-state index contributed by atoms with van der Waals surface area (Å²) in [7, 11) is 3.27. The monoisotopic (exact) mass is 374 g/mol. The molecular formula is C23H22N2O3. The van der Waals surface area contributed by atoms with Gasteiger partial charge in [-0.1, -0.05) is 18.2 Å². The summed E-state index contributed by atoms with van der Waals surface area (Å²) in [6.45, 7) is 0. The van der Waals surface area contributed by atoms with Crippen molar-refractivity contribution in [2.24, 2.45) is 4.99 Å². The van der Waals surface area contributed by atoms with E-state index in [2.05, 4.69) is 5.32 Å². The molecule has 0 aliphatic carbocycles. The topological polar surface area (TPSA) is 63.1 Å². The van der Waals surface area contributed by atoms with Gasteiger partial charge in [0.2, 0.25) is 0 Å². The Hall–Kier alpha value is -3.47. The van der Waals surface area contributed by atoms with Gasteiger partial charge in [-0.25, -0.2) is 0 Å². The first-order chi connectivity index (χ1) is 13.7. The van der Waals surface area contributed by atoms with Gasteiger partial charge in [0.1, 0.15) is 5.75 Å². The summed E-state index contributed by atoms with van der Waals surface area (Å²) in [5.74, 6) is 1.64. The summed E-state index contributed by atoms with van der Waals surface area (Å²) in [5.41, 5.74) is 4.91. The van der Waals surface area contributed by atoms with E-state index < -0.39 is 0 Å². The van der Waals surface area contributed by atoms with E-state index in [0.29, 0.717) is 17.9 Å². The fourth-order valence-electron chi connectivity index (χ4n) is 3.42. The standard InChI is InChI=1S/C23H22N2O3/c1-27-22-12-9-16(13-23(22)28-2)21-14-20(15-7-10-17(26)11-8-15)24-18-5-3-4-6-19(18)25-21/h3-13,21,25-26H,14H2,1-2H3. The smallest absolute Gasteiger partial charge is 0.161 e. The van der Waals surface area contributed by atoms with Crippen molar-refractivity contribution in [3.63, 3.8) is 0 Å². The predicted octanol–water partition coefficient (Wildman–Crippen LogP) is 5.09. The molecule has 5 heteroatoms. The average molecular weight is 374 g/mol. The number of anilines is 1. The number of phenolic OH excluding ortho intramolecular Hbond substituents is 1. The quantitative estimate of drug-likeness (QED) is 0.668. The van der Waals surface area contributed by atoms with Gasteiger partial charge >= 0.3 is 0 Å². The van der Waals surface area contributed by atoms with E-state index in [9.17, 15) is 5.11 Å². The number of benzene rings is 3. The van der Waals surface area contributed by atoms with Crippen LogP contribution in [0.2, 0.25) is 0 Å². The molecule has 0 aromatic heterocycles. The minimum Gasteiger partial charge on any atom is -0.508 e. The SMILES string of the molecule is COc1ccc(C2CC(c3ccc(O)cc3)=Nc3ccccc3N2)cc1OC. The number of nitrogens with zero attached hydrogens (tertiary/aromatic N) is 1. The highest BCUT2D eigenvalue weighted by Crippen LogP contribution is 2.38. The molecule has 28 heavy (non-hydrogen) atoms. The number of phenols is 1. The lowest BCUT2D eigenvalue weighted by molar-refractivity contribution is 0.354. The Labute approximate surface area is 164 Å². The van der Waals surface area contributed by atoms with Crippen LogP contribution in [0.3, 0.4) is 0 Å². The Morgan fingerprint density at radius 2 is 1.68 bits per heavy atom. The molecule has 2 N–H and O–H groups in total. The second kappa shape index (κ2) is 7.64. The molecule has 0 bridgehead atoms. The number of hydrogen-bond donors (Lipinski definition) is 2. The summed E-state index contributed by atoms with van der Waals surface area (Å²) >= 11 is 0. The fourth-order valence-corrected chi connectivity index (χ4v) is 3.42. The summed E-state index contributed by atoms with van der Waals surface area (Å²) < 4.78 is 10.9. The van der Waals surface area contributed by atoms with Crippen molar-refractivity contribution in [2.45, 2.75) is 12.5 Å². The molecule has 142 valence electrons. The summed E-state index contributed by atoms with van der Waals surface area (Å²) in [4.78, 5) is 4.91. The van der Waals surface area contributed by atoms with Crippen molar-refractivity contribution in [3.05, 3.63) is 77.9 Å². The molecule has 3 aromatic carbocycles. The van der Waals surface area contributed by atoms with Gasteiger partial charge in [-0.05, 0) is 59.7 Å². The van der Waals surface area contributed by atoms with Crippen LogP contribution in [0.4, 0.5) is 11.4 Å². The van der Waals surface area contributed by atoms with Crippen LogP contribution in [0.15, 0.2) is 71.7 Å². The second-order valence-electron chi connectivity index (χ2n) is 6.64. The van der Waals surface area contributed by atoms with E-state index in [-0.39, 0.29) is 11.8 Å². The summed E-state index contributed by atoms with van der Waals surface area (Å²) in [6.07, 6.45) is 0.689. The molecule has 1 aliphatic heterocycles. The molecule has 0 saturated heterocycles. The minimum absolute atomic E-state index is 0.0102. The van der Waals surface area contributed by atoms with Gasteiger partial charge in [-0.15, -0.1) is 0 Å². The first kappa shape index (κ1) is 17.9. The first-order valence-electron chi connectivity index (χ1n) is 9.12. The highest BCUT2D eigenvalue weighted by atomic mass is 16.5. The largest absolute Gasteiger partial charge is 0.508 e. The van der Waals surface area contributed by atoms with E-state index >= 15 is 0 Å². The third kappa shape index (κ3) is 3.51. The molecule has 1 atom stereocenters. The zero-order chi connectivity index (χ0) is 19.5. The molecular weight excluding hydrogens is 352 g/mol. The van der Waals surface area contributed by atoms with Gasteiger partial charge in [0, 0.05) is 6.42 Å². The number of methoxy groups -OCH3 is 2. The van der Waals surface area contributed by atoms with Crippen molar-refractivity contribution in [2.75, 3.05) is 19.5 Å². The predicted molar refractivity (Wildman–Crippen MR) is 111 cm³/mol. The molecule has 1 heterocycles. The maximum Gasteiger partial charge on any atom is 0.161 e. The van der Waals surface area contributed by atoms with Gasteiger partial charge < -0.3 is 19.9 Å². The Balaban J connectivity index is 1.77. The molecule has 5 nitrogen and oxygen atoms in total. The molecule has 1 unspecified atom stereocenters. The van der Waals surface area contributed by atoms with E-state index in [1.165, 1.54) is 0 Å². The molecule has 1 aliphatic rings. The fraction of sp³-hybridized carbons (Fsp3) is 0.174. The number of para-hydroxylation sites is 2. The van der Waals surface area contributed by atoms with E-state index in [0.717, 1.165) is 28.2 Å². The Bertz CT molecular complexity index is 1010. The molecule has 0 radical (unpaired) electrons. The van der Waals surface area contributed by atoms with Gasteiger partial charge in [-0.3, -0.25) is 4.99 Å². The van der Waals surface area contributed by atoms with Crippen molar-refractivity contribution in [3.8, 4) is 17.2 Å². The van der Waals surface area contributed by atoms with E-state index in [4.69, 9.17) is 14.5 Å².